The highest BCUT2D eigenvalue weighted by Crippen LogP contribution is 2.46. The third-order valence-corrected chi connectivity index (χ3v) is 7.35. The van der Waals surface area contributed by atoms with Crippen molar-refractivity contribution in [3.05, 3.63) is 63.1 Å². The zero-order chi connectivity index (χ0) is 25.9. The number of aliphatic hydroxyl groups excluding tert-OH is 1. The molecule has 190 valence electrons. The molecule has 4 atom stereocenters. The van der Waals surface area contributed by atoms with Gasteiger partial charge in [-0.15, -0.1) is 0 Å². The van der Waals surface area contributed by atoms with E-state index in [1.165, 1.54) is 9.47 Å². The first kappa shape index (κ1) is 23.9. The van der Waals surface area contributed by atoms with Gasteiger partial charge in [0.1, 0.15) is 23.3 Å². The summed E-state index contributed by atoms with van der Waals surface area (Å²) in [4.78, 5) is 46.4. The standard InChI is InChI=1S/C24H24F2N4O6/c1-11-5-6-24(21(33)12(2)28-36-24)17-10-29(11)23(35)18-20(32)19(31)15(9-30(17)18)22(34)27-8-13-3-4-14(25)7-16(13)26/h3-4,7,9,11,17,21,32-33H,5-6,8,10H2,1-2H3,(H,27,34)/t11-,17+,21+,24+/m0/s1. The molecular weight excluding hydrogens is 478 g/mol. The molecule has 4 heterocycles. The Morgan fingerprint density at radius 2 is 2.08 bits per heavy atom. The van der Waals surface area contributed by atoms with Crippen molar-refractivity contribution in [1.82, 2.24) is 14.8 Å². The molecule has 5 rings (SSSR count). The van der Waals surface area contributed by atoms with Gasteiger partial charge in [-0.25, -0.2) is 8.78 Å². The second kappa shape index (κ2) is 8.40. The number of carbonyl (C=O) groups is 2. The van der Waals surface area contributed by atoms with Gasteiger partial charge in [0, 0.05) is 37.0 Å². The van der Waals surface area contributed by atoms with E-state index in [9.17, 15) is 33.4 Å². The average Bonchev–Trinajstić information content (AvgIpc) is 3.05. The van der Waals surface area contributed by atoms with Gasteiger partial charge in [0.15, 0.2) is 17.0 Å². The lowest BCUT2D eigenvalue weighted by atomic mass is 9.82. The number of hydrogen-bond donors (Lipinski definition) is 3. The smallest absolute Gasteiger partial charge is 0.274 e. The number of benzene rings is 1. The van der Waals surface area contributed by atoms with Crippen molar-refractivity contribution >= 4 is 17.5 Å². The second-order valence-electron chi connectivity index (χ2n) is 9.44. The van der Waals surface area contributed by atoms with Gasteiger partial charge in [0.25, 0.3) is 11.8 Å². The van der Waals surface area contributed by atoms with E-state index in [1.807, 2.05) is 6.92 Å². The van der Waals surface area contributed by atoms with Crippen LogP contribution in [0.15, 0.2) is 34.3 Å². The summed E-state index contributed by atoms with van der Waals surface area (Å²) in [6.45, 7) is 3.18. The molecule has 1 fully saturated rings. The predicted octanol–water partition coefficient (Wildman–Crippen LogP) is 1.45. The Bertz CT molecular complexity index is 1380. The van der Waals surface area contributed by atoms with Gasteiger partial charge in [-0.3, -0.25) is 14.4 Å². The van der Waals surface area contributed by atoms with Crippen molar-refractivity contribution in [2.24, 2.45) is 5.16 Å². The van der Waals surface area contributed by atoms with Crippen LogP contribution in [0.1, 0.15) is 59.1 Å². The highest BCUT2D eigenvalue weighted by Gasteiger charge is 2.58. The van der Waals surface area contributed by atoms with Gasteiger partial charge < -0.3 is 29.8 Å². The Balaban J connectivity index is 1.57. The number of amides is 2. The van der Waals surface area contributed by atoms with Crippen molar-refractivity contribution in [3.8, 4) is 5.75 Å². The van der Waals surface area contributed by atoms with Crippen molar-refractivity contribution in [1.29, 1.82) is 0 Å². The van der Waals surface area contributed by atoms with E-state index in [1.54, 1.807) is 6.92 Å². The summed E-state index contributed by atoms with van der Waals surface area (Å²) in [5.41, 5.74) is -2.82. The highest BCUT2D eigenvalue weighted by atomic mass is 19.1. The van der Waals surface area contributed by atoms with Gasteiger partial charge in [0.05, 0.1) is 11.8 Å². The summed E-state index contributed by atoms with van der Waals surface area (Å²) >= 11 is 0. The zero-order valence-electron chi connectivity index (χ0n) is 19.5. The first-order valence-electron chi connectivity index (χ1n) is 11.5. The lowest BCUT2D eigenvalue weighted by Gasteiger charge is -2.43. The zero-order valence-corrected chi connectivity index (χ0v) is 19.5. The van der Waals surface area contributed by atoms with Crippen LogP contribution in [-0.2, 0) is 11.4 Å². The van der Waals surface area contributed by atoms with Gasteiger partial charge in [-0.05, 0) is 32.8 Å². The number of oxime groups is 1. The van der Waals surface area contributed by atoms with Crippen LogP contribution < -0.4 is 10.7 Å². The molecule has 0 unspecified atom stereocenters. The molecule has 2 amide bonds. The van der Waals surface area contributed by atoms with Crippen molar-refractivity contribution in [2.75, 3.05) is 6.54 Å². The Kier molecular flexibility index (Phi) is 5.58. The van der Waals surface area contributed by atoms with Gasteiger partial charge in [-0.1, -0.05) is 11.2 Å². The molecule has 3 N–H and O–H groups in total. The summed E-state index contributed by atoms with van der Waals surface area (Å²) in [6.07, 6.45) is 0.825. The number of hydrogen-bond acceptors (Lipinski definition) is 7. The third kappa shape index (κ3) is 3.47. The number of halogens is 2. The Labute approximate surface area is 203 Å². The van der Waals surface area contributed by atoms with Crippen LogP contribution in [0.4, 0.5) is 8.78 Å². The maximum Gasteiger partial charge on any atom is 0.274 e. The topological polar surface area (TPSA) is 133 Å². The summed E-state index contributed by atoms with van der Waals surface area (Å²) in [5.74, 6) is -4.08. The molecule has 1 aromatic heterocycles. The SMILES string of the molecule is CC1=NO[C@@]2(CC[C@H](C)N3C[C@H]2n2cc(C(=O)NCc4ccc(F)cc4F)c(=O)c(O)c2C3=O)[C@@H]1O. The third-order valence-electron chi connectivity index (χ3n) is 7.35. The monoisotopic (exact) mass is 502 g/mol. The summed E-state index contributed by atoms with van der Waals surface area (Å²) in [6, 6.07) is 1.81. The molecule has 3 aliphatic heterocycles. The molecular formula is C24H24F2N4O6. The molecule has 10 nitrogen and oxygen atoms in total. The quantitative estimate of drug-likeness (QED) is 0.582. The van der Waals surface area contributed by atoms with Crippen LogP contribution in [0.25, 0.3) is 0 Å². The number of rotatable bonds is 3. The fourth-order valence-electron chi connectivity index (χ4n) is 5.23. The van der Waals surface area contributed by atoms with E-state index >= 15 is 0 Å². The molecule has 0 radical (unpaired) electrons. The number of carbonyl (C=O) groups excluding carboxylic acids is 2. The molecule has 36 heavy (non-hydrogen) atoms. The van der Waals surface area contributed by atoms with E-state index in [0.29, 0.717) is 24.6 Å². The first-order chi connectivity index (χ1) is 17.0. The van der Waals surface area contributed by atoms with Crippen LogP contribution in [-0.4, -0.2) is 61.5 Å². The van der Waals surface area contributed by atoms with Crippen LogP contribution in [0.3, 0.4) is 0 Å². The van der Waals surface area contributed by atoms with Crippen molar-refractivity contribution in [3.63, 3.8) is 0 Å². The molecule has 1 spiro atoms. The first-order valence-corrected chi connectivity index (χ1v) is 11.5. The van der Waals surface area contributed by atoms with Crippen LogP contribution >= 0.6 is 0 Å². The maximum atomic E-state index is 14.0. The second-order valence-corrected chi connectivity index (χ2v) is 9.44. The molecule has 12 heteroatoms. The number of nitrogens with one attached hydrogen (secondary N) is 1. The number of nitrogens with zero attached hydrogens (tertiary/aromatic N) is 3. The number of aromatic hydroxyl groups is 1. The molecule has 1 aromatic carbocycles. The van der Waals surface area contributed by atoms with E-state index < -0.39 is 57.9 Å². The molecule has 0 saturated carbocycles. The minimum absolute atomic E-state index is 0.00957. The summed E-state index contributed by atoms with van der Waals surface area (Å²) in [7, 11) is 0. The fourth-order valence-corrected chi connectivity index (χ4v) is 5.23. The van der Waals surface area contributed by atoms with Crippen molar-refractivity contribution < 1.29 is 33.4 Å². The van der Waals surface area contributed by atoms with Gasteiger partial charge in [0.2, 0.25) is 5.43 Å². The van der Waals surface area contributed by atoms with Crippen LogP contribution in [0.2, 0.25) is 0 Å². The van der Waals surface area contributed by atoms with Crippen molar-refractivity contribution in [2.45, 2.75) is 57.0 Å². The van der Waals surface area contributed by atoms with Gasteiger partial charge in [-0.2, -0.15) is 0 Å². The van der Waals surface area contributed by atoms with Crippen LogP contribution in [0, 0.1) is 11.6 Å². The number of aliphatic hydroxyl groups is 1. The Morgan fingerprint density at radius 1 is 1.33 bits per heavy atom. The molecule has 1 saturated heterocycles. The van der Waals surface area contributed by atoms with E-state index in [2.05, 4.69) is 10.5 Å². The molecule has 3 aliphatic rings. The van der Waals surface area contributed by atoms with Gasteiger partial charge >= 0.3 is 0 Å². The van der Waals surface area contributed by atoms with E-state index in [0.717, 1.165) is 18.3 Å². The minimum atomic E-state index is -1.28. The molecule has 2 aromatic rings. The average molecular weight is 502 g/mol. The number of aromatic nitrogens is 1. The Morgan fingerprint density at radius 3 is 2.75 bits per heavy atom. The summed E-state index contributed by atoms with van der Waals surface area (Å²) < 4.78 is 28.4. The van der Waals surface area contributed by atoms with E-state index in [4.69, 9.17) is 4.84 Å². The predicted molar refractivity (Wildman–Crippen MR) is 122 cm³/mol. The number of pyridine rings is 1. The fraction of sp³-hybridized carbons (Fsp3) is 0.417. The van der Waals surface area contributed by atoms with E-state index in [-0.39, 0.29) is 30.4 Å². The number of fused-ring (bicyclic) bond motifs is 5. The largest absolute Gasteiger partial charge is 0.503 e. The molecule has 0 aliphatic carbocycles. The highest BCUT2D eigenvalue weighted by molar-refractivity contribution is 5.99. The lowest BCUT2D eigenvalue weighted by Crippen LogP contribution is -2.56. The minimum Gasteiger partial charge on any atom is -0.503 e. The molecule has 2 bridgehead atoms. The normalized spacial score (nSPS) is 26.8. The van der Waals surface area contributed by atoms with Crippen LogP contribution in [0.5, 0.6) is 5.75 Å². The lowest BCUT2D eigenvalue weighted by molar-refractivity contribution is -0.114. The Hall–Kier alpha value is -3.80. The maximum absolute atomic E-state index is 14.0. The summed E-state index contributed by atoms with van der Waals surface area (Å²) in [5, 5.41) is 28.1.